The molecule has 0 heterocycles. The SMILES string of the molecule is CN=C(NCC(C)C)NCC(C)Oc1cccc(OC)c1. The van der Waals surface area contributed by atoms with Gasteiger partial charge in [-0.05, 0) is 25.0 Å². The van der Waals surface area contributed by atoms with Crippen LogP contribution in [0.4, 0.5) is 0 Å². The average Bonchev–Trinajstić information content (AvgIpc) is 2.47. The Morgan fingerprint density at radius 2 is 1.81 bits per heavy atom. The third-order valence-corrected chi connectivity index (χ3v) is 2.84. The second-order valence-corrected chi connectivity index (χ2v) is 5.34. The maximum absolute atomic E-state index is 5.85. The average molecular weight is 293 g/mol. The molecule has 0 bridgehead atoms. The molecule has 0 aromatic heterocycles. The number of methoxy groups -OCH3 is 1. The van der Waals surface area contributed by atoms with Gasteiger partial charge in [-0.15, -0.1) is 0 Å². The highest BCUT2D eigenvalue weighted by molar-refractivity contribution is 5.79. The normalized spacial score (nSPS) is 13.0. The molecule has 118 valence electrons. The fraction of sp³-hybridized carbons (Fsp3) is 0.562. The molecule has 5 nitrogen and oxygen atoms in total. The fourth-order valence-corrected chi connectivity index (χ4v) is 1.71. The molecule has 0 fully saturated rings. The van der Waals surface area contributed by atoms with E-state index >= 15 is 0 Å². The third-order valence-electron chi connectivity index (χ3n) is 2.84. The second-order valence-electron chi connectivity index (χ2n) is 5.34. The molecule has 5 heteroatoms. The lowest BCUT2D eigenvalue weighted by atomic mass is 10.2. The Hall–Kier alpha value is -1.91. The highest BCUT2D eigenvalue weighted by Crippen LogP contribution is 2.19. The molecule has 0 spiro atoms. The standard InChI is InChI=1S/C16H27N3O2/c1-12(2)10-18-16(17-4)19-11-13(3)21-15-8-6-7-14(9-15)20-5/h6-9,12-13H,10-11H2,1-5H3,(H2,17,18,19). The first-order valence-corrected chi connectivity index (χ1v) is 7.30. The Balaban J connectivity index is 2.40. The summed E-state index contributed by atoms with van der Waals surface area (Å²) in [6.45, 7) is 7.91. The van der Waals surface area contributed by atoms with Crippen molar-refractivity contribution in [2.75, 3.05) is 27.2 Å². The van der Waals surface area contributed by atoms with Crippen molar-refractivity contribution >= 4 is 5.96 Å². The predicted octanol–water partition coefficient (Wildman–Crippen LogP) is 2.28. The summed E-state index contributed by atoms with van der Waals surface area (Å²) in [4.78, 5) is 4.19. The fourth-order valence-electron chi connectivity index (χ4n) is 1.71. The molecule has 1 rings (SSSR count). The maximum Gasteiger partial charge on any atom is 0.191 e. The van der Waals surface area contributed by atoms with E-state index in [2.05, 4.69) is 29.5 Å². The van der Waals surface area contributed by atoms with Crippen molar-refractivity contribution in [1.29, 1.82) is 0 Å². The van der Waals surface area contributed by atoms with Crippen LogP contribution in [-0.4, -0.2) is 39.3 Å². The summed E-state index contributed by atoms with van der Waals surface area (Å²) < 4.78 is 11.0. The second kappa shape index (κ2) is 9.10. The Bertz CT molecular complexity index is 447. The van der Waals surface area contributed by atoms with Crippen molar-refractivity contribution in [1.82, 2.24) is 10.6 Å². The number of guanidine groups is 1. The van der Waals surface area contributed by atoms with E-state index < -0.39 is 0 Å². The molecule has 0 saturated carbocycles. The van der Waals surface area contributed by atoms with E-state index in [1.165, 1.54) is 0 Å². The summed E-state index contributed by atoms with van der Waals surface area (Å²) in [6.07, 6.45) is 0.0229. The van der Waals surface area contributed by atoms with Gasteiger partial charge in [-0.2, -0.15) is 0 Å². The Labute approximate surface area is 127 Å². The number of rotatable bonds is 7. The summed E-state index contributed by atoms with van der Waals surface area (Å²) in [5, 5.41) is 6.53. The number of ether oxygens (including phenoxy) is 2. The lowest BCUT2D eigenvalue weighted by molar-refractivity contribution is 0.223. The van der Waals surface area contributed by atoms with Gasteiger partial charge < -0.3 is 20.1 Å². The van der Waals surface area contributed by atoms with Gasteiger partial charge in [-0.25, -0.2) is 0 Å². The Morgan fingerprint density at radius 3 is 2.43 bits per heavy atom. The first-order chi connectivity index (χ1) is 10.0. The van der Waals surface area contributed by atoms with Gasteiger partial charge in [-0.3, -0.25) is 4.99 Å². The molecule has 0 aliphatic carbocycles. The Kier molecular flexibility index (Phi) is 7.43. The number of aliphatic imine (C=N–C) groups is 1. The zero-order valence-electron chi connectivity index (χ0n) is 13.6. The quantitative estimate of drug-likeness (QED) is 0.598. The lowest BCUT2D eigenvalue weighted by Crippen LogP contribution is -2.42. The van der Waals surface area contributed by atoms with Crippen LogP contribution >= 0.6 is 0 Å². The number of hydrogen-bond acceptors (Lipinski definition) is 3. The van der Waals surface area contributed by atoms with Crippen molar-refractivity contribution in [2.24, 2.45) is 10.9 Å². The first kappa shape index (κ1) is 17.1. The van der Waals surface area contributed by atoms with Gasteiger partial charge >= 0.3 is 0 Å². The highest BCUT2D eigenvalue weighted by atomic mass is 16.5. The molecule has 1 atom stereocenters. The molecule has 0 aliphatic rings. The zero-order valence-corrected chi connectivity index (χ0v) is 13.6. The number of hydrogen-bond donors (Lipinski definition) is 2. The molecule has 0 amide bonds. The molecule has 1 aromatic rings. The van der Waals surface area contributed by atoms with Crippen LogP contribution in [-0.2, 0) is 0 Å². The molecule has 21 heavy (non-hydrogen) atoms. The van der Waals surface area contributed by atoms with Crippen LogP contribution in [0.5, 0.6) is 11.5 Å². The monoisotopic (exact) mass is 293 g/mol. The van der Waals surface area contributed by atoms with Gasteiger partial charge in [0.15, 0.2) is 5.96 Å². The number of benzene rings is 1. The molecule has 2 N–H and O–H groups in total. The minimum Gasteiger partial charge on any atom is -0.497 e. The van der Waals surface area contributed by atoms with Gasteiger partial charge in [0.1, 0.15) is 17.6 Å². The number of nitrogens with one attached hydrogen (secondary N) is 2. The topological polar surface area (TPSA) is 54.9 Å². The molecule has 1 unspecified atom stereocenters. The summed E-state index contributed by atoms with van der Waals surface area (Å²) in [5.74, 6) is 2.97. The van der Waals surface area contributed by atoms with E-state index in [4.69, 9.17) is 9.47 Å². The minimum atomic E-state index is 0.0229. The van der Waals surface area contributed by atoms with Crippen LogP contribution in [0, 0.1) is 5.92 Å². The molecular weight excluding hydrogens is 266 g/mol. The summed E-state index contributed by atoms with van der Waals surface area (Å²) >= 11 is 0. The summed E-state index contributed by atoms with van der Waals surface area (Å²) in [7, 11) is 3.41. The van der Waals surface area contributed by atoms with Crippen LogP contribution in [0.1, 0.15) is 20.8 Å². The number of nitrogens with zero attached hydrogens (tertiary/aromatic N) is 1. The third kappa shape index (κ3) is 6.88. The molecular formula is C16H27N3O2. The van der Waals surface area contributed by atoms with E-state index in [9.17, 15) is 0 Å². The van der Waals surface area contributed by atoms with E-state index in [1.807, 2.05) is 31.2 Å². The first-order valence-electron chi connectivity index (χ1n) is 7.30. The van der Waals surface area contributed by atoms with Crippen LogP contribution in [0.3, 0.4) is 0 Å². The van der Waals surface area contributed by atoms with Crippen molar-refractivity contribution in [2.45, 2.75) is 26.9 Å². The van der Waals surface area contributed by atoms with Gasteiger partial charge in [0.25, 0.3) is 0 Å². The van der Waals surface area contributed by atoms with Crippen molar-refractivity contribution in [3.63, 3.8) is 0 Å². The van der Waals surface area contributed by atoms with E-state index in [0.29, 0.717) is 12.5 Å². The molecule has 0 radical (unpaired) electrons. The van der Waals surface area contributed by atoms with Gasteiger partial charge in [-0.1, -0.05) is 19.9 Å². The van der Waals surface area contributed by atoms with Crippen molar-refractivity contribution < 1.29 is 9.47 Å². The van der Waals surface area contributed by atoms with E-state index in [1.54, 1.807) is 14.2 Å². The highest BCUT2D eigenvalue weighted by Gasteiger charge is 2.06. The molecule has 1 aromatic carbocycles. The zero-order chi connectivity index (χ0) is 15.7. The molecule has 0 aliphatic heterocycles. The smallest absolute Gasteiger partial charge is 0.191 e. The van der Waals surface area contributed by atoms with Crippen molar-refractivity contribution in [3.8, 4) is 11.5 Å². The minimum absolute atomic E-state index is 0.0229. The Morgan fingerprint density at radius 1 is 1.14 bits per heavy atom. The van der Waals surface area contributed by atoms with Gasteiger partial charge in [0, 0.05) is 19.7 Å². The van der Waals surface area contributed by atoms with Gasteiger partial charge in [0.05, 0.1) is 13.7 Å². The summed E-state index contributed by atoms with van der Waals surface area (Å²) in [5.41, 5.74) is 0. The van der Waals surface area contributed by atoms with E-state index in [-0.39, 0.29) is 6.10 Å². The van der Waals surface area contributed by atoms with Crippen LogP contribution < -0.4 is 20.1 Å². The predicted molar refractivity (Wildman–Crippen MR) is 87.3 cm³/mol. The molecule has 0 saturated heterocycles. The van der Waals surface area contributed by atoms with E-state index in [0.717, 1.165) is 24.0 Å². The van der Waals surface area contributed by atoms with Crippen LogP contribution in [0.2, 0.25) is 0 Å². The maximum atomic E-state index is 5.85. The largest absolute Gasteiger partial charge is 0.497 e. The van der Waals surface area contributed by atoms with Crippen LogP contribution in [0.25, 0.3) is 0 Å². The summed E-state index contributed by atoms with van der Waals surface area (Å²) in [6, 6.07) is 7.61. The lowest BCUT2D eigenvalue weighted by Gasteiger charge is -2.18. The van der Waals surface area contributed by atoms with Gasteiger partial charge in [0.2, 0.25) is 0 Å². The van der Waals surface area contributed by atoms with Crippen molar-refractivity contribution in [3.05, 3.63) is 24.3 Å². The van der Waals surface area contributed by atoms with Crippen LogP contribution in [0.15, 0.2) is 29.3 Å².